The van der Waals surface area contributed by atoms with Crippen molar-refractivity contribution in [1.29, 1.82) is 0 Å². The summed E-state index contributed by atoms with van der Waals surface area (Å²) in [7, 11) is 0. The van der Waals surface area contributed by atoms with Gasteiger partial charge in [-0.25, -0.2) is 14.8 Å². The molecule has 0 fully saturated rings. The van der Waals surface area contributed by atoms with Crippen molar-refractivity contribution in [1.82, 2.24) is 14.5 Å². The molecule has 0 amide bonds. The van der Waals surface area contributed by atoms with E-state index in [1.54, 1.807) is 30.3 Å². The van der Waals surface area contributed by atoms with Gasteiger partial charge < -0.3 is 4.74 Å². The zero-order valence-electron chi connectivity index (χ0n) is 14.6. The largest absolute Gasteiger partial charge is 0.454 e. The summed E-state index contributed by atoms with van der Waals surface area (Å²) >= 11 is 0. The van der Waals surface area contributed by atoms with Crippen molar-refractivity contribution in [3.8, 4) is 0 Å². The minimum absolute atomic E-state index is 0.0122. The molecule has 0 spiro atoms. The Balaban J connectivity index is 1.47. The van der Waals surface area contributed by atoms with Gasteiger partial charge in [0.15, 0.2) is 5.82 Å². The van der Waals surface area contributed by atoms with Crippen molar-refractivity contribution in [2.24, 2.45) is 0 Å². The molecule has 0 unspecified atom stereocenters. The van der Waals surface area contributed by atoms with Crippen molar-refractivity contribution < 1.29 is 18.3 Å². The van der Waals surface area contributed by atoms with E-state index in [4.69, 9.17) is 4.74 Å². The third kappa shape index (κ3) is 3.59. The van der Waals surface area contributed by atoms with Gasteiger partial charge in [0.05, 0.1) is 22.2 Å². The van der Waals surface area contributed by atoms with Crippen LogP contribution >= 0.6 is 0 Å². The second kappa shape index (κ2) is 7.56. The molecule has 4 aromatic rings. The number of aromatic nitrogens is 3. The van der Waals surface area contributed by atoms with Crippen LogP contribution in [0.2, 0.25) is 0 Å². The van der Waals surface area contributed by atoms with Gasteiger partial charge in [0.1, 0.15) is 6.61 Å². The van der Waals surface area contributed by atoms with E-state index in [9.17, 15) is 13.6 Å². The Bertz CT molecular complexity index is 1180. The van der Waals surface area contributed by atoms with Crippen molar-refractivity contribution in [3.05, 3.63) is 78.3 Å². The van der Waals surface area contributed by atoms with Crippen LogP contribution in [0.3, 0.4) is 0 Å². The number of halogens is 2. The van der Waals surface area contributed by atoms with E-state index in [0.29, 0.717) is 16.7 Å². The van der Waals surface area contributed by atoms with Crippen LogP contribution in [0.15, 0.2) is 66.7 Å². The lowest BCUT2D eigenvalue weighted by molar-refractivity contribution is -0.139. The first-order valence-electron chi connectivity index (χ1n) is 8.56. The van der Waals surface area contributed by atoms with Crippen molar-refractivity contribution >= 4 is 34.0 Å². The summed E-state index contributed by atoms with van der Waals surface area (Å²) in [5.74, 6) is -0.676. The van der Waals surface area contributed by atoms with Crippen LogP contribution in [-0.2, 0) is 16.1 Å². The van der Waals surface area contributed by atoms with E-state index in [1.807, 2.05) is 30.3 Å². The molecule has 0 N–H and O–H groups in total. The summed E-state index contributed by atoms with van der Waals surface area (Å²) in [4.78, 5) is 20.5. The van der Waals surface area contributed by atoms with Crippen molar-refractivity contribution in [3.63, 3.8) is 0 Å². The first kappa shape index (κ1) is 17.8. The summed E-state index contributed by atoms with van der Waals surface area (Å²) in [6, 6.07) is 17.8. The van der Waals surface area contributed by atoms with Gasteiger partial charge in [-0.1, -0.05) is 36.4 Å². The number of pyridine rings is 1. The first-order valence-corrected chi connectivity index (χ1v) is 8.56. The number of rotatable bonds is 5. The summed E-state index contributed by atoms with van der Waals surface area (Å²) in [5, 5.41) is 0.994. The molecular formula is C21H15F2N3O2. The van der Waals surface area contributed by atoms with E-state index in [2.05, 4.69) is 9.97 Å². The molecule has 0 aliphatic carbocycles. The van der Waals surface area contributed by atoms with Gasteiger partial charge in [0, 0.05) is 11.5 Å². The second-order valence-electron chi connectivity index (χ2n) is 6.03. The van der Waals surface area contributed by atoms with E-state index >= 15 is 0 Å². The van der Waals surface area contributed by atoms with Gasteiger partial charge >= 0.3 is 12.5 Å². The first-order chi connectivity index (χ1) is 13.6. The molecule has 0 atom stereocenters. The number of hydrogen-bond donors (Lipinski definition) is 0. The Morgan fingerprint density at radius 2 is 1.75 bits per heavy atom. The molecule has 0 saturated carbocycles. The van der Waals surface area contributed by atoms with E-state index in [-0.39, 0.29) is 12.4 Å². The van der Waals surface area contributed by atoms with E-state index in [0.717, 1.165) is 15.5 Å². The van der Waals surface area contributed by atoms with Gasteiger partial charge in [-0.2, -0.15) is 8.78 Å². The van der Waals surface area contributed by atoms with Crippen LogP contribution in [0, 0.1) is 0 Å². The third-order valence-corrected chi connectivity index (χ3v) is 4.22. The smallest absolute Gasteiger partial charge is 0.331 e. The molecule has 0 saturated heterocycles. The molecule has 2 aromatic heterocycles. The summed E-state index contributed by atoms with van der Waals surface area (Å²) < 4.78 is 32.6. The van der Waals surface area contributed by atoms with Crippen LogP contribution in [0.4, 0.5) is 8.78 Å². The summed E-state index contributed by atoms with van der Waals surface area (Å²) in [6.07, 6.45) is 2.73. The van der Waals surface area contributed by atoms with Crippen molar-refractivity contribution in [2.75, 3.05) is 0 Å². The predicted molar refractivity (Wildman–Crippen MR) is 102 cm³/mol. The lowest BCUT2D eigenvalue weighted by Crippen LogP contribution is -2.09. The molecule has 0 aliphatic rings. The normalized spacial score (nSPS) is 11.7. The molecule has 2 heterocycles. The highest BCUT2D eigenvalue weighted by Gasteiger charge is 2.18. The second-order valence-corrected chi connectivity index (χ2v) is 6.03. The Kier molecular flexibility index (Phi) is 4.80. The molecule has 0 radical (unpaired) electrons. The van der Waals surface area contributed by atoms with Gasteiger partial charge in [-0.05, 0) is 30.3 Å². The van der Waals surface area contributed by atoms with Crippen LogP contribution in [0.1, 0.15) is 18.1 Å². The fourth-order valence-corrected chi connectivity index (χ4v) is 2.93. The third-order valence-electron chi connectivity index (χ3n) is 4.22. The van der Waals surface area contributed by atoms with E-state index in [1.165, 1.54) is 12.2 Å². The summed E-state index contributed by atoms with van der Waals surface area (Å²) in [5.41, 5.74) is 2.11. The van der Waals surface area contributed by atoms with E-state index < -0.39 is 12.5 Å². The zero-order chi connectivity index (χ0) is 19.5. The molecule has 0 aliphatic heterocycles. The average molecular weight is 379 g/mol. The predicted octanol–water partition coefficient (Wildman–Crippen LogP) is 4.74. The fourth-order valence-electron chi connectivity index (χ4n) is 2.93. The number of alkyl halides is 2. The number of hydrogen-bond acceptors (Lipinski definition) is 4. The van der Waals surface area contributed by atoms with Gasteiger partial charge in [0.25, 0.3) is 0 Å². The minimum atomic E-state index is -2.78. The topological polar surface area (TPSA) is 57.0 Å². The number of benzene rings is 2. The van der Waals surface area contributed by atoms with Crippen LogP contribution in [-0.4, -0.2) is 20.5 Å². The number of para-hydroxylation sites is 3. The molecule has 140 valence electrons. The zero-order valence-corrected chi connectivity index (χ0v) is 14.6. The number of esters is 1. The van der Waals surface area contributed by atoms with Crippen LogP contribution in [0.5, 0.6) is 0 Å². The Hall–Kier alpha value is -3.61. The highest BCUT2D eigenvalue weighted by atomic mass is 19.3. The molecule has 0 bridgehead atoms. The van der Waals surface area contributed by atoms with Gasteiger partial charge in [-0.15, -0.1) is 0 Å². The fraction of sp³-hybridized carbons (Fsp3) is 0.0952. The number of carbonyl (C=O) groups excluding carboxylic acids is 1. The minimum Gasteiger partial charge on any atom is -0.454 e. The Morgan fingerprint density at radius 1 is 1.00 bits per heavy atom. The maximum atomic E-state index is 13.4. The molecule has 2 aromatic carbocycles. The maximum absolute atomic E-state index is 13.4. The molecule has 7 heteroatoms. The summed E-state index contributed by atoms with van der Waals surface area (Å²) in [6.45, 7) is -3.13. The highest BCUT2D eigenvalue weighted by molar-refractivity contribution is 5.87. The number of ether oxygens (including phenoxy) is 1. The standard InChI is InChI=1S/C21H15F2N3O2/c22-21(23)26-18-8-4-3-7-17(18)25-19(26)13-28-20(27)12-11-15-10-9-14-5-1-2-6-16(14)24-15/h1-12,21H,13H2. The molecular weight excluding hydrogens is 364 g/mol. The van der Waals surface area contributed by atoms with Gasteiger partial charge in [-0.3, -0.25) is 4.57 Å². The number of nitrogens with zero attached hydrogens (tertiary/aromatic N) is 3. The average Bonchev–Trinajstić information content (AvgIpc) is 3.09. The highest BCUT2D eigenvalue weighted by Crippen LogP contribution is 2.23. The number of imidazole rings is 1. The van der Waals surface area contributed by atoms with Crippen LogP contribution < -0.4 is 0 Å². The molecule has 4 rings (SSSR count). The Labute approximate surface area is 158 Å². The number of carbonyl (C=O) groups is 1. The quantitative estimate of drug-likeness (QED) is 0.371. The monoisotopic (exact) mass is 379 g/mol. The van der Waals surface area contributed by atoms with Gasteiger partial charge in [0.2, 0.25) is 0 Å². The molecule has 5 nitrogen and oxygen atoms in total. The van der Waals surface area contributed by atoms with Crippen LogP contribution in [0.25, 0.3) is 28.0 Å². The molecule has 28 heavy (non-hydrogen) atoms. The lowest BCUT2D eigenvalue weighted by Gasteiger charge is -2.07. The number of fused-ring (bicyclic) bond motifs is 2. The lowest BCUT2D eigenvalue weighted by atomic mass is 10.2. The maximum Gasteiger partial charge on any atom is 0.331 e. The Morgan fingerprint density at radius 3 is 2.57 bits per heavy atom. The SMILES string of the molecule is O=C(C=Cc1ccc2ccccc2n1)OCc1nc2ccccc2n1C(F)F. The van der Waals surface area contributed by atoms with Crippen molar-refractivity contribution in [2.45, 2.75) is 13.2 Å².